The van der Waals surface area contributed by atoms with Crippen LogP contribution in [0.4, 0.5) is 24.5 Å². The number of rotatable bonds is 3. The predicted octanol–water partition coefficient (Wildman–Crippen LogP) is 1.85. The minimum atomic E-state index is -5.66. The number of nitro benzene ring substituents is 1. The molecule has 1 aliphatic heterocycles. The van der Waals surface area contributed by atoms with Gasteiger partial charge in [-0.3, -0.25) is 10.1 Å². The van der Waals surface area contributed by atoms with Crippen molar-refractivity contribution in [1.29, 1.82) is 0 Å². The highest BCUT2D eigenvalue weighted by Gasteiger charge is 2.47. The molecule has 1 atom stereocenters. The molecular weight excluding hydrogens is 341 g/mol. The second-order valence-corrected chi connectivity index (χ2v) is 7.04. The lowest BCUT2D eigenvalue weighted by atomic mass is 10.1. The summed E-state index contributed by atoms with van der Waals surface area (Å²) in [6, 6.07) is 2.06. The van der Waals surface area contributed by atoms with Crippen LogP contribution in [0.1, 0.15) is 12.8 Å². The maximum atomic E-state index is 12.6. The van der Waals surface area contributed by atoms with Crippen molar-refractivity contribution >= 4 is 21.2 Å². The van der Waals surface area contributed by atoms with Gasteiger partial charge < -0.3 is 10.0 Å². The number of piperidine rings is 1. The second kappa shape index (κ2) is 5.96. The third-order valence-electron chi connectivity index (χ3n) is 3.50. The smallest absolute Gasteiger partial charge is 0.391 e. The number of hydrogen-bond acceptors (Lipinski definition) is 6. The fourth-order valence-corrected chi connectivity index (χ4v) is 3.17. The standard InChI is InChI=1S/C12H13F3N2O5S/c13-12(14,15)23(21,22)9-3-4-10(11(6-9)17(19)20)16-5-1-2-8(18)7-16/h3-4,6,8,18H,1-2,5,7H2. The Hall–Kier alpha value is -1.88. The SMILES string of the molecule is O=[N+]([O-])c1cc(S(=O)(=O)C(F)(F)F)ccc1N1CCCC(O)C1. The Morgan fingerprint density at radius 1 is 1.35 bits per heavy atom. The van der Waals surface area contributed by atoms with Crippen molar-refractivity contribution in [3.63, 3.8) is 0 Å². The molecule has 0 bridgehead atoms. The van der Waals surface area contributed by atoms with E-state index in [1.807, 2.05) is 0 Å². The molecule has 2 rings (SSSR count). The van der Waals surface area contributed by atoms with Crippen molar-refractivity contribution in [1.82, 2.24) is 0 Å². The lowest BCUT2D eigenvalue weighted by Crippen LogP contribution is -2.38. The molecule has 11 heteroatoms. The fourth-order valence-electron chi connectivity index (χ4n) is 2.39. The van der Waals surface area contributed by atoms with E-state index in [2.05, 4.69) is 0 Å². The highest BCUT2D eigenvalue weighted by atomic mass is 32.2. The van der Waals surface area contributed by atoms with Crippen molar-refractivity contribution in [2.45, 2.75) is 29.3 Å². The number of anilines is 1. The van der Waals surface area contributed by atoms with Gasteiger partial charge in [-0.25, -0.2) is 8.42 Å². The molecule has 1 heterocycles. The van der Waals surface area contributed by atoms with Crippen LogP contribution in [0.5, 0.6) is 0 Å². The van der Waals surface area contributed by atoms with Crippen molar-refractivity contribution in [3.05, 3.63) is 28.3 Å². The van der Waals surface area contributed by atoms with Crippen molar-refractivity contribution in [2.75, 3.05) is 18.0 Å². The molecule has 0 aromatic heterocycles. The topological polar surface area (TPSA) is 101 Å². The van der Waals surface area contributed by atoms with Crippen LogP contribution in [0.15, 0.2) is 23.1 Å². The van der Waals surface area contributed by atoms with E-state index in [1.165, 1.54) is 4.90 Å². The van der Waals surface area contributed by atoms with Gasteiger partial charge in [-0.2, -0.15) is 13.2 Å². The molecule has 1 N–H and O–H groups in total. The maximum Gasteiger partial charge on any atom is 0.501 e. The Balaban J connectivity index is 2.50. The largest absolute Gasteiger partial charge is 0.501 e. The predicted molar refractivity (Wildman–Crippen MR) is 73.8 cm³/mol. The second-order valence-electron chi connectivity index (χ2n) is 5.10. The molecule has 1 aromatic rings. The summed E-state index contributed by atoms with van der Waals surface area (Å²) in [6.07, 6.45) is 0.369. The van der Waals surface area contributed by atoms with Gasteiger partial charge in [0.1, 0.15) is 5.69 Å². The normalized spacial score (nSPS) is 19.7. The van der Waals surface area contributed by atoms with E-state index in [-0.39, 0.29) is 12.2 Å². The Labute approximate surface area is 129 Å². The molecule has 0 amide bonds. The number of hydrogen-bond donors (Lipinski definition) is 1. The van der Waals surface area contributed by atoms with Crippen LogP contribution in [0, 0.1) is 10.1 Å². The van der Waals surface area contributed by atoms with Crippen LogP contribution < -0.4 is 4.90 Å². The lowest BCUT2D eigenvalue weighted by molar-refractivity contribution is -0.384. The first-order valence-electron chi connectivity index (χ1n) is 6.57. The average molecular weight is 354 g/mol. The fraction of sp³-hybridized carbons (Fsp3) is 0.500. The van der Waals surface area contributed by atoms with Gasteiger partial charge in [0.25, 0.3) is 15.5 Å². The molecule has 1 unspecified atom stereocenters. The summed E-state index contributed by atoms with van der Waals surface area (Å²) in [7, 11) is -5.66. The minimum absolute atomic E-state index is 0.0186. The Morgan fingerprint density at radius 3 is 2.52 bits per heavy atom. The highest BCUT2D eigenvalue weighted by molar-refractivity contribution is 7.92. The van der Waals surface area contributed by atoms with Crippen LogP contribution in [0.3, 0.4) is 0 Å². The number of aliphatic hydroxyl groups excluding tert-OH is 1. The van der Waals surface area contributed by atoms with E-state index in [0.717, 1.165) is 6.07 Å². The van der Waals surface area contributed by atoms with Gasteiger partial charge in [-0.15, -0.1) is 0 Å². The van der Waals surface area contributed by atoms with Crippen molar-refractivity contribution in [3.8, 4) is 0 Å². The zero-order chi connectivity index (χ0) is 17.4. The van der Waals surface area contributed by atoms with Crippen LogP contribution in [-0.2, 0) is 9.84 Å². The van der Waals surface area contributed by atoms with Gasteiger partial charge in [0.05, 0.1) is 15.9 Å². The summed E-state index contributed by atoms with van der Waals surface area (Å²) >= 11 is 0. The number of halogens is 3. The number of alkyl halides is 3. The summed E-state index contributed by atoms with van der Waals surface area (Å²) < 4.78 is 60.4. The number of nitrogens with zero attached hydrogens (tertiary/aromatic N) is 2. The number of β-amino-alcohol motifs (C(OH)–C–C–N with tert-alkyl or cyclic N) is 1. The summed E-state index contributed by atoms with van der Waals surface area (Å²) in [5, 5.41) is 20.7. The molecule has 1 fully saturated rings. The van der Waals surface area contributed by atoms with E-state index in [1.54, 1.807) is 0 Å². The van der Waals surface area contributed by atoms with E-state index in [9.17, 15) is 36.8 Å². The number of sulfone groups is 1. The molecule has 1 aromatic carbocycles. The molecule has 128 valence electrons. The molecule has 1 saturated heterocycles. The molecule has 0 spiro atoms. The van der Waals surface area contributed by atoms with Gasteiger partial charge in [-0.05, 0) is 25.0 Å². The molecule has 1 aliphatic rings. The van der Waals surface area contributed by atoms with E-state index in [4.69, 9.17) is 0 Å². The molecule has 7 nitrogen and oxygen atoms in total. The van der Waals surface area contributed by atoms with Crippen molar-refractivity contribution in [2.24, 2.45) is 0 Å². The molecule has 23 heavy (non-hydrogen) atoms. The molecule has 0 radical (unpaired) electrons. The monoisotopic (exact) mass is 354 g/mol. The number of benzene rings is 1. The highest BCUT2D eigenvalue weighted by Crippen LogP contribution is 2.36. The molecule has 0 saturated carbocycles. The van der Waals surface area contributed by atoms with E-state index < -0.39 is 37.0 Å². The first-order chi connectivity index (χ1) is 10.5. The van der Waals surface area contributed by atoms with E-state index >= 15 is 0 Å². The summed E-state index contributed by atoms with van der Waals surface area (Å²) in [4.78, 5) is 10.4. The van der Waals surface area contributed by atoms with Crippen LogP contribution in [0.25, 0.3) is 0 Å². The quantitative estimate of drug-likeness (QED) is 0.657. The van der Waals surface area contributed by atoms with Gasteiger partial charge in [-0.1, -0.05) is 0 Å². The van der Waals surface area contributed by atoms with Crippen LogP contribution in [0.2, 0.25) is 0 Å². The zero-order valence-corrected chi connectivity index (χ0v) is 12.5. The van der Waals surface area contributed by atoms with E-state index in [0.29, 0.717) is 31.5 Å². The summed E-state index contributed by atoms with van der Waals surface area (Å²) in [6.45, 7) is 0.468. The molecular formula is C12H13F3N2O5S. The number of aliphatic hydroxyl groups is 1. The van der Waals surface area contributed by atoms with Gasteiger partial charge >= 0.3 is 5.51 Å². The Morgan fingerprint density at radius 2 is 2.00 bits per heavy atom. The molecule has 0 aliphatic carbocycles. The first-order valence-corrected chi connectivity index (χ1v) is 8.05. The van der Waals surface area contributed by atoms with Gasteiger partial charge in [0, 0.05) is 19.2 Å². The summed E-state index contributed by atoms with van der Waals surface area (Å²) in [5.41, 5.74) is -6.30. The average Bonchev–Trinajstić information content (AvgIpc) is 2.45. The number of nitro groups is 1. The minimum Gasteiger partial charge on any atom is -0.391 e. The third kappa shape index (κ3) is 3.39. The van der Waals surface area contributed by atoms with Crippen LogP contribution in [-0.4, -0.2) is 43.1 Å². The summed E-state index contributed by atoms with van der Waals surface area (Å²) in [5.74, 6) is 0. The van der Waals surface area contributed by atoms with Gasteiger partial charge in [0.2, 0.25) is 0 Å². The Bertz CT molecular complexity index is 720. The first kappa shape index (κ1) is 17.5. The van der Waals surface area contributed by atoms with Gasteiger partial charge in [0.15, 0.2) is 0 Å². The maximum absolute atomic E-state index is 12.6. The Kier molecular flexibility index (Phi) is 4.53. The van der Waals surface area contributed by atoms with Crippen LogP contribution >= 0.6 is 0 Å². The van der Waals surface area contributed by atoms with Crippen molar-refractivity contribution < 1.29 is 31.6 Å². The lowest BCUT2D eigenvalue weighted by Gasteiger charge is -2.31. The third-order valence-corrected chi connectivity index (χ3v) is 4.98. The zero-order valence-electron chi connectivity index (χ0n) is 11.7.